The Hall–Kier alpha value is -2.66. The fraction of sp³-hybridized carbons (Fsp3) is 0.524. The lowest BCUT2D eigenvalue weighted by Gasteiger charge is -2.47. The van der Waals surface area contributed by atoms with Crippen LogP contribution in [-0.2, 0) is 48.9 Å². The van der Waals surface area contributed by atoms with Crippen molar-refractivity contribution < 1.29 is 47.1 Å². The fourth-order valence-electron chi connectivity index (χ4n) is 3.64. The van der Waals surface area contributed by atoms with E-state index in [0.29, 0.717) is 5.75 Å². The highest BCUT2D eigenvalue weighted by molar-refractivity contribution is 7.88. The number of benzene rings is 1. The Morgan fingerprint density at radius 1 is 0.939 bits per heavy atom. The average Bonchev–Trinajstić information content (AvgIpc) is 2.76. The van der Waals surface area contributed by atoms with Crippen molar-refractivity contribution in [2.45, 2.75) is 54.6 Å². The summed E-state index contributed by atoms with van der Waals surface area (Å²) in [6.07, 6.45) is -4.59. The molecule has 0 amide bonds. The number of esters is 4. The van der Waals surface area contributed by atoms with Crippen molar-refractivity contribution in [3.05, 3.63) is 24.3 Å². The maximum atomic E-state index is 13.8. The predicted molar refractivity (Wildman–Crippen MR) is 115 cm³/mol. The molecule has 2 rings (SSSR count). The van der Waals surface area contributed by atoms with Crippen LogP contribution in [0.1, 0.15) is 27.2 Å². The Bertz CT molecular complexity index is 933. The average molecular weight is 505 g/mol. The van der Waals surface area contributed by atoms with Gasteiger partial charge in [-0.15, -0.1) is 0 Å². The van der Waals surface area contributed by atoms with Gasteiger partial charge in [-0.2, -0.15) is 0 Å². The third kappa shape index (κ3) is 5.83. The minimum Gasteiger partial charge on any atom is -0.497 e. The first-order valence-electron chi connectivity index (χ1n) is 9.80. The topological polar surface area (TPSA) is 132 Å². The monoisotopic (exact) mass is 504 g/mol. The molecule has 33 heavy (non-hydrogen) atoms. The second-order valence-corrected chi connectivity index (χ2v) is 9.74. The molecule has 1 fully saturated rings. The summed E-state index contributed by atoms with van der Waals surface area (Å²) >= 11 is 6.92. The normalized spacial score (nSPS) is 27.6. The number of hydrogen-bond acceptors (Lipinski definition) is 10. The van der Waals surface area contributed by atoms with Crippen molar-refractivity contribution in [3.63, 3.8) is 0 Å². The highest BCUT2D eigenvalue weighted by Gasteiger charge is 2.65. The Balaban J connectivity index is 2.70. The minimum absolute atomic E-state index is 0.185. The van der Waals surface area contributed by atoms with Gasteiger partial charge in [-0.3, -0.25) is 23.4 Å². The Kier molecular flexibility index (Phi) is 8.84. The van der Waals surface area contributed by atoms with Gasteiger partial charge in [-0.25, -0.2) is 0 Å². The van der Waals surface area contributed by atoms with Crippen molar-refractivity contribution in [3.8, 4) is 5.75 Å². The van der Waals surface area contributed by atoms with Gasteiger partial charge < -0.3 is 23.7 Å². The number of carbonyl (C=O) groups is 4. The second kappa shape index (κ2) is 11.0. The molecule has 0 aliphatic heterocycles. The van der Waals surface area contributed by atoms with Gasteiger partial charge in [-0.05, 0) is 24.3 Å². The van der Waals surface area contributed by atoms with Gasteiger partial charge in [0.05, 0.1) is 30.9 Å². The third-order valence-electron chi connectivity index (χ3n) is 4.95. The van der Waals surface area contributed by atoms with Crippen LogP contribution in [0.3, 0.4) is 0 Å². The minimum atomic E-state index is -2.21. The highest BCUT2D eigenvalue weighted by Crippen LogP contribution is 2.48. The van der Waals surface area contributed by atoms with E-state index in [0.717, 1.165) is 27.9 Å². The molecule has 1 aliphatic rings. The maximum absolute atomic E-state index is 13.8. The SMILES string of the molecule is COC(=O)[C@H]1C[C@@H](OC(C)=O)[C@H](OC(C)=O)[C@H](OC(C)=O)[C@]1(Cl)S(=O)c1ccc(OC)cc1. The fourth-order valence-corrected chi connectivity index (χ4v) is 5.84. The predicted octanol–water partition coefficient (Wildman–Crippen LogP) is 1.73. The zero-order chi connectivity index (χ0) is 24.9. The van der Waals surface area contributed by atoms with Crippen LogP contribution in [0.4, 0.5) is 0 Å². The Morgan fingerprint density at radius 3 is 1.94 bits per heavy atom. The summed E-state index contributed by atoms with van der Waals surface area (Å²) < 4.78 is 37.6. The molecule has 1 aliphatic carbocycles. The summed E-state index contributed by atoms with van der Waals surface area (Å²) in [4.78, 5) is 48.5. The number of rotatable bonds is 7. The van der Waals surface area contributed by atoms with E-state index in [4.69, 9.17) is 35.3 Å². The number of carbonyl (C=O) groups excluding carboxylic acids is 4. The first kappa shape index (κ1) is 26.6. The molecule has 6 atom stereocenters. The molecular weight excluding hydrogens is 480 g/mol. The lowest BCUT2D eigenvalue weighted by Crippen LogP contribution is -2.65. The lowest BCUT2D eigenvalue weighted by molar-refractivity contribution is -0.197. The molecule has 1 unspecified atom stereocenters. The zero-order valence-corrected chi connectivity index (χ0v) is 20.3. The van der Waals surface area contributed by atoms with Crippen molar-refractivity contribution in [2.75, 3.05) is 14.2 Å². The highest BCUT2D eigenvalue weighted by atomic mass is 35.5. The Labute approximate surface area is 198 Å². The van der Waals surface area contributed by atoms with Crippen LogP contribution in [-0.4, -0.2) is 64.8 Å². The lowest BCUT2D eigenvalue weighted by atomic mass is 9.81. The maximum Gasteiger partial charge on any atom is 0.311 e. The van der Waals surface area contributed by atoms with Gasteiger partial charge in [0, 0.05) is 32.1 Å². The smallest absolute Gasteiger partial charge is 0.311 e. The van der Waals surface area contributed by atoms with E-state index < -0.39 is 63.1 Å². The van der Waals surface area contributed by atoms with E-state index in [2.05, 4.69) is 0 Å². The van der Waals surface area contributed by atoms with E-state index in [1.54, 1.807) is 0 Å². The van der Waals surface area contributed by atoms with Crippen molar-refractivity contribution in [2.24, 2.45) is 5.92 Å². The summed E-state index contributed by atoms with van der Waals surface area (Å²) in [5.74, 6) is -4.13. The molecule has 182 valence electrons. The van der Waals surface area contributed by atoms with Crippen LogP contribution in [0.5, 0.6) is 5.75 Å². The quantitative estimate of drug-likeness (QED) is 0.307. The van der Waals surface area contributed by atoms with Gasteiger partial charge >= 0.3 is 23.9 Å². The summed E-state index contributed by atoms with van der Waals surface area (Å²) in [5.41, 5.74) is 0. The molecule has 0 radical (unpaired) electrons. The van der Waals surface area contributed by atoms with Crippen LogP contribution in [0.15, 0.2) is 29.2 Å². The first-order valence-corrected chi connectivity index (χ1v) is 11.3. The molecule has 1 aromatic carbocycles. The summed E-state index contributed by atoms with van der Waals surface area (Å²) in [6.45, 7) is 3.29. The van der Waals surface area contributed by atoms with Gasteiger partial charge in [0.2, 0.25) is 0 Å². The van der Waals surface area contributed by atoms with Crippen LogP contribution in [0.25, 0.3) is 0 Å². The second-order valence-electron chi connectivity index (χ2n) is 7.21. The van der Waals surface area contributed by atoms with E-state index in [-0.39, 0.29) is 11.3 Å². The van der Waals surface area contributed by atoms with E-state index in [1.807, 2.05) is 0 Å². The number of hydrogen-bond donors (Lipinski definition) is 0. The third-order valence-corrected chi connectivity index (χ3v) is 7.64. The number of halogens is 1. The van der Waals surface area contributed by atoms with Gasteiger partial charge in [-0.1, -0.05) is 11.6 Å². The first-order chi connectivity index (χ1) is 15.4. The van der Waals surface area contributed by atoms with Crippen LogP contribution in [0.2, 0.25) is 0 Å². The molecule has 0 spiro atoms. The largest absolute Gasteiger partial charge is 0.497 e. The molecule has 0 bridgehead atoms. The van der Waals surface area contributed by atoms with Crippen molar-refractivity contribution in [1.82, 2.24) is 0 Å². The van der Waals surface area contributed by atoms with Crippen molar-refractivity contribution in [1.29, 1.82) is 0 Å². The molecule has 12 heteroatoms. The Morgan fingerprint density at radius 2 is 1.48 bits per heavy atom. The van der Waals surface area contributed by atoms with Gasteiger partial charge in [0.1, 0.15) is 11.9 Å². The molecule has 1 saturated carbocycles. The molecule has 1 aromatic rings. The zero-order valence-electron chi connectivity index (χ0n) is 18.7. The van der Waals surface area contributed by atoms with E-state index in [9.17, 15) is 23.4 Å². The summed E-state index contributed by atoms with van der Waals surface area (Å²) in [5, 5.41) is 0. The standard InChI is InChI=1S/C21H25ClO10S/c1-11(23)30-17-10-16(20(26)29-5)21(22,19(32-13(3)25)18(17)31-12(2)24)33(27)15-8-6-14(28-4)7-9-15/h6-9,16-19H,10H2,1-5H3/t16-,17-,18+,19+,21-,33?/m1/s1. The molecule has 0 aromatic heterocycles. The molecule has 0 saturated heterocycles. The number of methoxy groups -OCH3 is 2. The van der Waals surface area contributed by atoms with Gasteiger partial charge in [0.25, 0.3) is 0 Å². The molecule has 0 N–H and O–H groups in total. The van der Waals surface area contributed by atoms with E-state index in [1.165, 1.54) is 31.4 Å². The van der Waals surface area contributed by atoms with Crippen molar-refractivity contribution >= 4 is 46.3 Å². The number of ether oxygens (including phenoxy) is 5. The van der Waals surface area contributed by atoms with Crippen LogP contribution >= 0.6 is 11.6 Å². The summed E-state index contributed by atoms with van der Waals surface area (Å²) in [7, 11) is 0.357. The molecule has 0 heterocycles. The summed E-state index contributed by atoms with van der Waals surface area (Å²) in [6, 6.07) is 6.01. The van der Waals surface area contributed by atoms with Gasteiger partial charge in [0.15, 0.2) is 16.4 Å². The van der Waals surface area contributed by atoms with Crippen LogP contribution < -0.4 is 4.74 Å². The number of alkyl halides is 1. The molecular formula is C21H25ClO10S. The molecule has 10 nitrogen and oxygen atoms in total. The van der Waals surface area contributed by atoms with Crippen LogP contribution in [0, 0.1) is 5.92 Å². The van der Waals surface area contributed by atoms with E-state index >= 15 is 0 Å².